The number of halogens is 1. The van der Waals surface area contributed by atoms with Crippen LogP contribution in [0.2, 0.25) is 0 Å². The van der Waals surface area contributed by atoms with E-state index < -0.39 is 73.5 Å². The lowest BCUT2D eigenvalue weighted by atomic mass is 9.79. The van der Waals surface area contributed by atoms with Crippen molar-refractivity contribution in [3.05, 3.63) is 35.9 Å². The van der Waals surface area contributed by atoms with Gasteiger partial charge in [0.1, 0.15) is 30.5 Å². The Morgan fingerprint density at radius 3 is 2.35 bits per heavy atom. The average molecular weight is 806 g/mol. The molecule has 4 aliphatic rings. The van der Waals surface area contributed by atoms with Gasteiger partial charge in [0, 0.05) is 18.8 Å². The quantitative estimate of drug-likeness (QED) is 0.252. The van der Waals surface area contributed by atoms with Crippen LogP contribution in [0, 0.1) is 23.7 Å². The van der Waals surface area contributed by atoms with Gasteiger partial charge in [-0.1, -0.05) is 58.0 Å². The Kier molecular flexibility index (Phi) is 13.7. The number of rotatable bonds is 11. The van der Waals surface area contributed by atoms with E-state index in [1.807, 2.05) is 37.3 Å². The summed E-state index contributed by atoms with van der Waals surface area (Å²) in [6, 6.07) is 9.17. The van der Waals surface area contributed by atoms with Crippen molar-refractivity contribution in [1.29, 1.82) is 0 Å². The van der Waals surface area contributed by atoms with Gasteiger partial charge in [0.25, 0.3) is 0 Å². The molecule has 1 amide bonds. The van der Waals surface area contributed by atoms with Crippen molar-refractivity contribution in [3.63, 3.8) is 0 Å². The Labute approximate surface area is 302 Å². The number of hydrogen-bond donors (Lipinski definition) is 2. The number of ether oxygens (including phenoxy) is 8. The van der Waals surface area contributed by atoms with E-state index in [-0.39, 0.29) is 42.5 Å². The molecule has 0 bridgehead atoms. The van der Waals surface area contributed by atoms with Gasteiger partial charge in [-0.25, -0.2) is 0 Å². The maximum atomic E-state index is 12.4. The first-order chi connectivity index (χ1) is 22.8. The minimum absolute atomic E-state index is 0.0789. The summed E-state index contributed by atoms with van der Waals surface area (Å²) in [6.45, 7) is 16.7. The van der Waals surface area contributed by atoms with Gasteiger partial charge in [0.2, 0.25) is 5.91 Å². The number of carbonyl (C=O) groups excluding carboxylic acids is 1. The molecule has 1 aromatic carbocycles. The molecule has 5 rings (SSSR count). The number of aliphatic hydroxyl groups is 1. The average Bonchev–Trinajstić information content (AvgIpc) is 3.04. The fourth-order valence-electron chi connectivity index (χ4n) is 7.03. The number of hydrogen-bond acceptors (Lipinski definition) is 11. The van der Waals surface area contributed by atoms with E-state index in [1.54, 1.807) is 13.8 Å². The van der Waals surface area contributed by atoms with Gasteiger partial charge in [-0.15, -0.1) is 0 Å². The Hall–Kier alpha value is -0.448. The molecule has 0 aliphatic carbocycles. The van der Waals surface area contributed by atoms with Crippen LogP contribution in [0.15, 0.2) is 30.3 Å². The van der Waals surface area contributed by atoms with Crippen LogP contribution in [-0.2, 0) is 53.1 Å². The third-order valence-corrected chi connectivity index (χ3v) is 12.0. The summed E-state index contributed by atoms with van der Waals surface area (Å²) in [7, 11) is 0. The highest BCUT2D eigenvalue weighted by Crippen LogP contribution is 2.41. The molecule has 0 spiro atoms. The van der Waals surface area contributed by atoms with Crippen molar-refractivity contribution in [1.82, 2.24) is 5.32 Å². The van der Waals surface area contributed by atoms with E-state index in [1.165, 1.54) is 6.92 Å². The second-order valence-electron chi connectivity index (χ2n) is 14.2. The summed E-state index contributed by atoms with van der Waals surface area (Å²) in [5, 5.41) is 14.4. The Morgan fingerprint density at radius 2 is 1.67 bits per heavy atom. The zero-order chi connectivity index (χ0) is 34.7. The van der Waals surface area contributed by atoms with Crippen LogP contribution < -0.4 is 5.32 Å². The van der Waals surface area contributed by atoms with Crippen molar-refractivity contribution in [2.45, 2.75) is 135 Å². The molecule has 6 unspecified atom stereocenters. The lowest BCUT2D eigenvalue weighted by Crippen LogP contribution is -2.70. The van der Waals surface area contributed by atoms with Crippen molar-refractivity contribution >= 4 is 38.5 Å². The summed E-state index contributed by atoms with van der Waals surface area (Å²) in [5.41, 5.74) is 1.11. The molecule has 4 saturated heterocycles. The molecule has 4 aliphatic heterocycles. The van der Waals surface area contributed by atoms with Crippen molar-refractivity contribution in [2.24, 2.45) is 23.7 Å². The molecule has 0 aromatic heterocycles. The van der Waals surface area contributed by atoms with E-state index in [0.717, 1.165) is 5.56 Å². The van der Waals surface area contributed by atoms with Crippen LogP contribution in [0.1, 0.15) is 61.0 Å². The molecule has 14 heteroatoms. The SMILES string of the molecule is CC(=O)NC1[C@H](OC2[C@H]([O][AlH][I])OC(C)[C@H](C)[C@@H]2O[C@H]2O[C@@H](COCc3ccccc3)[C@@H](C)C(C)C2C)OC2COC(C)(C)O[C@H]2[C@@H]1O. The van der Waals surface area contributed by atoms with Crippen molar-refractivity contribution < 1.29 is 51.6 Å². The normalized spacial score (nSPS) is 42.8. The predicted molar refractivity (Wildman–Crippen MR) is 185 cm³/mol. The van der Waals surface area contributed by atoms with Crippen LogP contribution >= 0.6 is 20.3 Å². The van der Waals surface area contributed by atoms with Gasteiger partial charge in [0.15, 0.2) is 24.7 Å². The van der Waals surface area contributed by atoms with E-state index in [0.29, 0.717) is 19.1 Å². The number of carbonyl (C=O) groups is 1. The van der Waals surface area contributed by atoms with Gasteiger partial charge >= 0.3 is 12.3 Å². The standard InChI is InChI=1S/C34H52NO11.Al.HI.H/c1-17-18(2)24(15-39-14-23-12-10-9-11-13-23)42-32(19(17)3)44-28-20(4)21(5)41-31(38)30(28)45-33-26(35-22(6)36)27(37)29-25(43-33)16-40-34(7,8)46-29;;;/h9-13,17-21,24-33,37H,14-16H2,1-8H3,(H,35,36);;1H;/q-1;+2;;/p-1/t17?,18-,19?,20-,21?,24-,25?,26?,27+,28-,29+,30?,31+,32+,33-;;;/m0.../s1. The number of benzene rings is 1. The van der Waals surface area contributed by atoms with E-state index in [9.17, 15) is 9.90 Å². The van der Waals surface area contributed by atoms with Gasteiger partial charge in [-0.2, -0.15) is 20.3 Å². The monoisotopic (exact) mass is 805 g/mol. The largest absolute Gasteiger partial charge is 0.527 e. The van der Waals surface area contributed by atoms with Gasteiger partial charge in [-0.05, 0) is 38.2 Å². The minimum atomic E-state index is -1.12. The van der Waals surface area contributed by atoms with Crippen molar-refractivity contribution in [3.8, 4) is 0 Å². The summed E-state index contributed by atoms with van der Waals surface area (Å²) in [5.74, 6) is -0.745. The zero-order valence-corrected chi connectivity index (χ0v) is 32.9. The Morgan fingerprint density at radius 1 is 0.958 bits per heavy atom. The third-order valence-electron chi connectivity index (χ3n) is 10.4. The molecule has 1 aromatic rings. The van der Waals surface area contributed by atoms with Crippen LogP contribution in [0.3, 0.4) is 0 Å². The van der Waals surface area contributed by atoms with Crippen LogP contribution in [0.4, 0.5) is 0 Å². The molecule has 270 valence electrons. The maximum Gasteiger partial charge on any atom is 0.527 e. The van der Waals surface area contributed by atoms with Crippen molar-refractivity contribution in [2.75, 3.05) is 13.2 Å². The summed E-state index contributed by atoms with van der Waals surface area (Å²) < 4.78 is 57.4. The molecule has 12 nitrogen and oxygen atoms in total. The Bertz CT molecular complexity index is 1190. The predicted octanol–water partition coefficient (Wildman–Crippen LogP) is 3.45. The summed E-state index contributed by atoms with van der Waals surface area (Å²) in [6.07, 6.45) is -6.49. The number of aliphatic hydroxyl groups excluding tert-OH is 1. The topological polar surface area (TPSA) is 132 Å². The van der Waals surface area contributed by atoms with Gasteiger partial charge in [0.05, 0.1) is 38.1 Å². The van der Waals surface area contributed by atoms with Crippen LogP contribution in [0.5, 0.6) is 0 Å². The van der Waals surface area contributed by atoms with E-state index >= 15 is 0 Å². The first-order valence-electron chi connectivity index (χ1n) is 17.1. The molecular formula is C34H53AlINO11. The molecule has 0 radical (unpaired) electrons. The lowest BCUT2D eigenvalue weighted by molar-refractivity contribution is -0.391. The fourth-order valence-corrected chi connectivity index (χ4v) is 8.49. The van der Waals surface area contributed by atoms with Gasteiger partial charge in [-0.3, -0.25) is 4.79 Å². The smallest absolute Gasteiger partial charge is 0.470 e. The fraction of sp³-hybridized carbons (Fsp3) is 0.794. The van der Waals surface area contributed by atoms with Crippen LogP contribution in [-0.4, -0.2) is 110 Å². The summed E-state index contributed by atoms with van der Waals surface area (Å²) in [4.78, 5) is 12.4. The van der Waals surface area contributed by atoms with Gasteiger partial charge < -0.3 is 52.1 Å². The minimum Gasteiger partial charge on any atom is -0.470 e. The third kappa shape index (κ3) is 9.12. The Balaban J connectivity index is 1.36. The molecule has 2 N–H and O–H groups in total. The maximum absolute atomic E-state index is 12.4. The molecule has 4 fully saturated rings. The molecular weight excluding hydrogens is 752 g/mol. The van der Waals surface area contributed by atoms with Crippen LogP contribution in [0.25, 0.3) is 0 Å². The highest BCUT2D eigenvalue weighted by atomic mass is 127. The number of fused-ring (bicyclic) bond motifs is 1. The lowest BCUT2D eigenvalue weighted by Gasteiger charge is -2.52. The molecule has 48 heavy (non-hydrogen) atoms. The molecule has 4 heterocycles. The number of nitrogens with one attached hydrogen (secondary N) is 1. The second-order valence-corrected chi connectivity index (χ2v) is 16.6. The molecule has 15 atom stereocenters. The van der Waals surface area contributed by atoms with E-state index in [2.05, 4.69) is 53.3 Å². The summed E-state index contributed by atoms with van der Waals surface area (Å²) >= 11 is 1.29. The first-order valence-corrected chi connectivity index (χ1v) is 22.8. The highest BCUT2D eigenvalue weighted by Gasteiger charge is 2.55. The molecule has 0 saturated carbocycles. The number of amides is 1. The first kappa shape index (κ1) is 38.8. The zero-order valence-electron chi connectivity index (χ0n) is 29.3. The highest BCUT2D eigenvalue weighted by molar-refractivity contribution is 14.1. The van der Waals surface area contributed by atoms with E-state index in [4.69, 9.17) is 41.7 Å². The second kappa shape index (κ2) is 16.9.